The molecule has 170 valence electrons. The first kappa shape index (κ1) is 22.7. The van der Waals surface area contributed by atoms with Crippen LogP contribution in [0.1, 0.15) is 63.0 Å². The normalized spacial score (nSPS) is 22.1. The van der Waals surface area contributed by atoms with E-state index >= 15 is 0 Å². The van der Waals surface area contributed by atoms with Gasteiger partial charge in [0.2, 0.25) is 0 Å². The Balaban J connectivity index is 1.70. The molecule has 0 radical (unpaired) electrons. The Labute approximate surface area is 193 Å². The lowest BCUT2D eigenvalue weighted by atomic mass is 9.84. The number of fused-ring (bicyclic) bond motifs is 1. The van der Waals surface area contributed by atoms with Crippen molar-refractivity contribution in [1.29, 1.82) is 0 Å². The van der Waals surface area contributed by atoms with Crippen LogP contribution in [-0.2, 0) is 4.74 Å². The molecule has 0 unspecified atom stereocenters. The van der Waals surface area contributed by atoms with Crippen LogP contribution in [-0.4, -0.2) is 25.8 Å². The van der Waals surface area contributed by atoms with Crippen molar-refractivity contribution < 1.29 is 9.47 Å². The van der Waals surface area contributed by atoms with Crippen LogP contribution in [0, 0.1) is 5.92 Å². The molecule has 0 spiro atoms. The summed E-state index contributed by atoms with van der Waals surface area (Å²) in [6.07, 6.45) is 8.68. The molecule has 2 aromatic rings. The summed E-state index contributed by atoms with van der Waals surface area (Å²) in [7, 11) is 1.76. The van der Waals surface area contributed by atoms with Crippen molar-refractivity contribution in [3.63, 3.8) is 0 Å². The number of benzene rings is 2. The third-order valence-electron chi connectivity index (χ3n) is 7.07. The molecule has 1 heterocycles. The molecule has 2 aromatic carbocycles. The number of rotatable bonds is 11. The van der Waals surface area contributed by atoms with Gasteiger partial charge in [-0.25, -0.2) is 0 Å². The minimum atomic E-state index is -0.402. The van der Waals surface area contributed by atoms with Gasteiger partial charge in [-0.3, -0.25) is 0 Å². The van der Waals surface area contributed by atoms with Crippen molar-refractivity contribution in [2.24, 2.45) is 5.92 Å². The second kappa shape index (κ2) is 10.4. The molecule has 0 amide bonds. The molecule has 32 heavy (non-hydrogen) atoms. The lowest BCUT2D eigenvalue weighted by Gasteiger charge is -2.35. The molecule has 1 N–H and O–H groups in total. The van der Waals surface area contributed by atoms with Gasteiger partial charge in [0.15, 0.2) is 5.60 Å². The second-order valence-corrected chi connectivity index (χ2v) is 9.16. The van der Waals surface area contributed by atoms with E-state index in [2.05, 4.69) is 49.2 Å². The first-order valence-corrected chi connectivity index (χ1v) is 12.2. The number of allylic oxidation sites excluding steroid dienone is 1. The summed E-state index contributed by atoms with van der Waals surface area (Å²) in [6, 6.07) is 18.7. The van der Waals surface area contributed by atoms with E-state index in [4.69, 9.17) is 9.47 Å². The summed E-state index contributed by atoms with van der Waals surface area (Å²) < 4.78 is 12.7. The molecule has 2 atom stereocenters. The third kappa shape index (κ3) is 4.49. The Morgan fingerprint density at radius 2 is 1.78 bits per heavy atom. The molecule has 1 aliphatic heterocycles. The Morgan fingerprint density at radius 3 is 2.56 bits per heavy atom. The van der Waals surface area contributed by atoms with Crippen LogP contribution in [0.3, 0.4) is 0 Å². The topological polar surface area (TPSA) is 30.5 Å². The highest BCUT2D eigenvalue weighted by molar-refractivity contribution is 5.83. The fraction of sp³-hybridized carbons (Fsp3) is 0.448. The van der Waals surface area contributed by atoms with Gasteiger partial charge < -0.3 is 14.8 Å². The van der Waals surface area contributed by atoms with Gasteiger partial charge in [0.05, 0.1) is 7.11 Å². The quantitative estimate of drug-likeness (QED) is 0.311. The molecule has 2 aliphatic rings. The van der Waals surface area contributed by atoms with Crippen molar-refractivity contribution in [3.05, 3.63) is 77.9 Å². The van der Waals surface area contributed by atoms with E-state index in [1.165, 1.54) is 43.2 Å². The van der Waals surface area contributed by atoms with E-state index in [1.54, 1.807) is 12.7 Å². The average Bonchev–Trinajstić information content (AvgIpc) is 3.34. The number of hydrogen-bond acceptors (Lipinski definition) is 3. The molecule has 0 bridgehead atoms. The van der Waals surface area contributed by atoms with Crippen LogP contribution in [0.5, 0.6) is 5.75 Å². The van der Waals surface area contributed by atoms with Crippen molar-refractivity contribution in [3.8, 4) is 5.75 Å². The summed E-state index contributed by atoms with van der Waals surface area (Å²) in [5.74, 6) is 2.08. The van der Waals surface area contributed by atoms with Crippen LogP contribution in [0.2, 0.25) is 0 Å². The molecule has 4 rings (SSSR count). The van der Waals surface area contributed by atoms with Crippen LogP contribution in [0.25, 0.3) is 11.3 Å². The fourth-order valence-electron chi connectivity index (χ4n) is 5.48. The number of nitrogens with one attached hydrogen (secondary N) is 1. The van der Waals surface area contributed by atoms with Crippen LogP contribution in [0.15, 0.2) is 66.7 Å². The molecule has 0 saturated carbocycles. The van der Waals surface area contributed by atoms with E-state index in [0.29, 0.717) is 5.92 Å². The molecular weight excluding hydrogens is 394 g/mol. The summed E-state index contributed by atoms with van der Waals surface area (Å²) >= 11 is 0. The lowest BCUT2D eigenvalue weighted by molar-refractivity contribution is 0.0834. The molecule has 0 aromatic heterocycles. The summed E-state index contributed by atoms with van der Waals surface area (Å²) in [5.41, 5.74) is 4.68. The highest BCUT2D eigenvalue weighted by atomic mass is 16.5. The molecular formula is C29H37NO2. The van der Waals surface area contributed by atoms with E-state index in [0.717, 1.165) is 43.0 Å². The van der Waals surface area contributed by atoms with Gasteiger partial charge in [0, 0.05) is 35.7 Å². The zero-order valence-electron chi connectivity index (χ0n) is 19.7. The standard InChI is InChI=1S/C29H37NO2/c1-4-5-6-7-9-16-24-19-25-20-30-21-29(25,32-22(2)23-14-10-8-11-15-23)28(24)26-17-12-13-18-27(26)31-3/h8,10-15,17-18,25,30H,2,4-7,9,16,19-21H2,1,3H3/t25-,29-/m0/s1. The maximum Gasteiger partial charge on any atom is 0.151 e. The molecule has 3 nitrogen and oxygen atoms in total. The Hall–Kier alpha value is -2.52. The van der Waals surface area contributed by atoms with Crippen molar-refractivity contribution in [1.82, 2.24) is 5.32 Å². The maximum atomic E-state index is 6.88. The number of ether oxygens (including phenoxy) is 2. The monoisotopic (exact) mass is 431 g/mol. The van der Waals surface area contributed by atoms with Gasteiger partial charge in [-0.1, -0.05) is 93.3 Å². The SMILES string of the molecule is C=C(O[C@@]12CNC[C@@H]1CC(CCCCCCC)=C2c1ccccc1OC)c1ccccc1. The van der Waals surface area contributed by atoms with Crippen LogP contribution < -0.4 is 10.1 Å². The minimum absolute atomic E-state index is 0.402. The van der Waals surface area contributed by atoms with Crippen LogP contribution >= 0.6 is 0 Å². The third-order valence-corrected chi connectivity index (χ3v) is 7.07. The van der Waals surface area contributed by atoms with Crippen molar-refractivity contribution >= 4 is 11.3 Å². The van der Waals surface area contributed by atoms with Crippen molar-refractivity contribution in [2.45, 2.75) is 57.5 Å². The minimum Gasteiger partial charge on any atom is -0.496 e. The van der Waals surface area contributed by atoms with E-state index < -0.39 is 5.60 Å². The number of unbranched alkanes of at least 4 members (excludes halogenated alkanes) is 4. The molecule has 1 saturated heterocycles. The van der Waals surface area contributed by atoms with Gasteiger partial charge >= 0.3 is 0 Å². The average molecular weight is 432 g/mol. The Bertz CT molecular complexity index is 949. The Morgan fingerprint density at radius 1 is 1.03 bits per heavy atom. The first-order chi connectivity index (χ1) is 15.7. The number of hydrogen-bond donors (Lipinski definition) is 1. The van der Waals surface area contributed by atoms with Gasteiger partial charge in [0.1, 0.15) is 11.5 Å². The highest BCUT2D eigenvalue weighted by Crippen LogP contribution is 2.54. The largest absolute Gasteiger partial charge is 0.496 e. The van der Waals surface area contributed by atoms with Gasteiger partial charge in [0.25, 0.3) is 0 Å². The molecule has 1 aliphatic carbocycles. The predicted octanol–water partition coefficient (Wildman–Crippen LogP) is 6.86. The lowest BCUT2D eigenvalue weighted by Crippen LogP contribution is -2.39. The smallest absolute Gasteiger partial charge is 0.151 e. The molecule has 3 heteroatoms. The first-order valence-electron chi connectivity index (χ1n) is 12.2. The van der Waals surface area contributed by atoms with E-state index in [-0.39, 0.29) is 0 Å². The number of methoxy groups -OCH3 is 1. The van der Waals surface area contributed by atoms with Gasteiger partial charge in [-0.2, -0.15) is 0 Å². The fourth-order valence-corrected chi connectivity index (χ4v) is 5.48. The summed E-state index contributed by atoms with van der Waals surface area (Å²) in [5, 5.41) is 3.62. The number of para-hydroxylation sites is 1. The van der Waals surface area contributed by atoms with Gasteiger partial charge in [-0.05, 0) is 25.3 Å². The zero-order chi connectivity index (χ0) is 22.4. The van der Waals surface area contributed by atoms with Gasteiger partial charge in [-0.15, -0.1) is 0 Å². The summed E-state index contributed by atoms with van der Waals surface area (Å²) in [6.45, 7) is 8.38. The van der Waals surface area contributed by atoms with E-state index in [9.17, 15) is 0 Å². The highest BCUT2D eigenvalue weighted by Gasteiger charge is 2.54. The molecule has 1 fully saturated rings. The van der Waals surface area contributed by atoms with Crippen molar-refractivity contribution in [2.75, 3.05) is 20.2 Å². The van der Waals surface area contributed by atoms with E-state index in [1.807, 2.05) is 24.3 Å². The zero-order valence-corrected chi connectivity index (χ0v) is 19.7. The summed E-state index contributed by atoms with van der Waals surface area (Å²) in [4.78, 5) is 0. The maximum absolute atomic E-state index is 6.88. The predicted molar refractivity (Wildman–Crippen MR) is 134 cm³/mol. The second-order valence-electron chi connectivity index (χ2n) is 9.16. The Kier molecular flexibility index (Phi) is 7.36. The van der Waals surface area contributed by atoms with Crippen LogP contribution in [0.4, 0.5) is 0 Å².